The fraction of sp³-hybridized carbons (Fsp3) is 0.538. The SMILES string of the molecule is Cc1ccccc1CS(=O)(=O)N[C@H](C)C(C)C. The van der Waals surface area contributed by atoms with Gasteiger partial charge in [0.05, 0.1) is 5.75 Å². The lowest BCUT2D eigenvalue weighted by molar-refractivity contribution is 0.476. The van der Waals surface area contributed by atoms with Crippen molar-refractivity contribution in [3.05, 3.63) is 35.4 Å². The topological polar surface area (TPSA) is 46.2 Å². The molecule has 1 aromatic rings. The quantitative estimate of drug-likeness (QED) is 0.878. The van der Waals surface area contributed by atoms with Crippen molar-refractivity contribution in [3.63, 3.8) is 0 Å². The number of hydrogen-bond donors (Lipinski definition) is 1. The summed E-state index contributed by atoms with van der Waals surface area (Å²) in [4.78, 5) is 0. The van der Waals surface area contributed by atoms with Crippen LogP contribution in [0.3, 0.4) is 0 Å². The van der Waals surface area contributed by atoms with Gasteiger partial charge in [-0.3, -0.25) is 0 Å². The summed E-state index contributed by atoms with van der Waals surface area (Å²) in [5, 5.41) is 0. The smallest absolute Gasteiger partial charge is 0.212 e. The van der Waals surface area contributed by atoms with E-state index in [1.807, 2.05) is 52.0 Å². The van der Waals surface area contributed by atoms with E-state index in [0.717, 1.165) is 11.1 Å². The number of nitrogens with one attached hydrogen (secondary N) is 1. The van der Waals surface area contributed by atoms with Crippen molar-refractivity contribution in [2.24, 2.45) is 5.92 Å². The predicted molar refractivity (Wildman–Crippen MR) is 71.2 cm³/mol. The maximum Gasteiger partial charge on any atom is 0.216 e. The molecule has 0 aromatic heterocycles. The molecule has 0 unspecified atom stereocenters. The van der Waals surface area contributed by atoms with E-state index < -0.39 is 10.0 Å². The first-order valence-corrected chi connectivity index (χ1v) is 7.51. The van der Waals surface area contributed by atoms with Crippen LogP contribution in [0.5, 0.6) is 0 Å². The summed E-state index contributed by atoms with van der Waals surface area (Å²) in [6.45, 7) is 7.82. The first-order chi connectivity index (χ1) is 7.82. The third kappa shape index (κ3) is 4.48. The number of sulfonamides is 1. The van der Waals surface area contributed by atoms with Gasteiger partial charge in [0.15, 0.2) is 0 Å². The van der Waals surface area contributed by atoms with Crippen molar-refractivity contribution in [1.29, 1.82) is 0 Å². The number of rotatable bonds is 5. The van der Waals surface area contributed by atoms with Crippen LogP contribution in [0.1, 0.15) is 31.9 Å². The predicted octanol–water partition coefficient (Wildman–Crippen LogP) is 2.46. The van der Waals surface area contributed by atoms with E-state index in [9.17, 15) is 8.42 Å². The van der Waals surface area contributed by atoms with Gasteiger partial charge in [0.25, 0.3) is 0 Å². The van der Waals surface area contributed by atoms with Gasteiger partial charge in [0.1, 0.15) is 0 Å². The van der Waals surface area contributed by atoms with Crippen molar-refractivity contribution in [2.45, 2.75) is 39.5 Å². The third-order valence-electron chi connectivity index (χ3n) is 2.97. The Hall–Kier alpha value is -0.870. The van der Waals surface area contributed by atoms with Crippen LogP contribution in [0.25, 0.3) is 0 Å². The molecule has 0 saturated heterocycles. The second kappa shape index (κ2) is 5.65. The molecule has 0 saturated carbocycles. The minimum absolute atomic E-state index is 0.0379. The Morgan fingerprint density at radius 1 is 1.18 bits per heavy atom. The summed E-state index contributed by atoms with van der Waals surface area (Å²) in [7, 11) is -3.25. The van der Waals surface area contributed by atoms with E-state index in [1.165, 1.54) is 0 Å². The molecular formula is C13H21NO2S. The summed E-state index contributed by atoms with van der Waals surface area (Å²) in [5.41, 5.74) is 1.87. The molecule has 0 bridgehead atoms. The second-order valence-corrected chi connectivity index (χ2v) is 6.59. The van der Waals surface area contributed by atoms with E-state index in [4.69, 9.17) is 0 Å². The molecule has 1 aromatic carbocycles. The molecule has 96 valence electrons. The fourth-order valence-corrected chi connectivity index (χ4v) is 3.09. The molecule has 1 atom stereocenters. The van der Waals surface area contributed by atoms with Crippen LogP contribution < -0.4 is 4.72 Å². The molecule has 0 radical (unpaired) electrons. The van der Waals surface area contributed by atoms with E-state index >= 15 is 0 Å². The van der Waals surface area contributed by atoms with Crippen molar-refractivity contribution >= 4 is 10.0 Å². The van der Waals surface area contributed by atoms with Crippen LogP contribution in [-0.4, -0.2) is 14.5 Å². The zero-order valence-electron chi connectivity index (χ0n) is 10.9. The van der Waals surface area contributed by atoms with Gasteiger partial charge in [-0.1, -0.05) is 38.1 Å². The van der Waals surface area contributed by atoms with Crippen molar-refractivity contribution < 1.29 is 8.42 Å². The van der Waals surface area contributed by atoms with E-state index in [1.54, 1.807) is 0 Å². The van der Waals surface area contributed by atoms with Crippen molar-refractivity contribution in [3.8, 4) is 0 Å². The van der Waals surface area contributed by atoms with E-state index in [-0.39, 0.29) is 11.8 Å². The third-order valence-corrected chi connectivity index (χ3v) is 4.39. The highest BCUT2D eigenvalue weighted by Gasteiger charge is 2.17. The van der Waals surface area contributed by atoms with Gasteiger partial charge in [-0.25, -0.2) is 13.1 Å². The Morgan fingerprint density at radius 2 is 1.76 bits per heavy atom. The Bertz CT molecular complexity index is 466. The van der Waals surface area contributed by atoms with Gasteiger partial charge < -0.3 is 0 Å². The maximum atomic E-state index is 12.0. The first kappa shape index (κ1) is 14.2. The standard InChI is InChI=1S/C13H21NO2S/c1-10(2)12(4)14-17(15,16)9-13-8-6-5-7-11(13)3/h5-8,10,12,14H,9H2,1-4H3/t12-/m1/s1. The number of benzene rings is 1. The van der Waals surface area contributed by atoms with Gasteiger partial charge >= 0.3 is 0 Å². The number of aryl methyl sites for hydroxylation is 1. The van der Waals surface area contributed by atoms with Crippen LogP contribution >= 0.6 is 0 Å². The van der Waals surface area contributed by atoms with Crippen molar-refractivity contribution in [2.75, 3.05) is 0 Å². The largest absolute Gasteiger partial charge is 0.216 e. The summed E-state index contributed by atoms with van der Waals surface area (Å²) >= 11 is 0. The molecule has 0 amide bonds. The van der Waals surface area contributed by atoms with Crippen LogP contribution in [-0.2, 0) is 15.8 Å². The lowest BCUT2D eigenvalue weighted by Crippen LogP contribution is -2.36. The summed E-state index contributed by atoms with van der Waals surface area (Å²) in [6.07, 6.45) is 0. The van der Waals surface area contributed by atoms with Crippen LogP contribution in [0, 0.1) is 12.8 Å². The molecule has 3 nitrogen and oxygen atoms in total. The lowest BCUT2D eigenvalue weighted by Gasteiger charge is -2.17. The molecule has 0 heterocycles. The normalized spacial score (nSPS) is 13.9. The molecule has 0 aliphatic heterocycles. The fourth-order valence-electron chi connectivity index (χ4n) is 1.44. The van der Waals surface area contributed by atoms with Gasteiger partial charge in [0, 0.05) is 6.04 Å². The highest BCUT2D eigenvalue weighted by Crippen LogP contribution is 2.12. The summed E-state index contributed by atoms with van der Waals surface area (Å²) in [5.74, 6) is 0.346. The first-order valence-electron chi connectivity index (χ1n) is 5.86. The molecule has 1 N–H and O–H groups in total. The van der Waals surface area contributed by atoms with Crippen LogP contribution in [0.4, 0.5) is 0 Å². The van der Waals surface area contributed by atoms with E-state index in [0.29, 0.717) is 5.92 Å². The highest BCUT2D eigenvalue weighted by molar-refractivity contribution is 7.88. The minimum atomic E-state index is -3.25. The van der Waals surface area contributed by atoms with Crippen LogP contribution in [0.2, 0.25) is 0 Å². The Kier molecular flexibility index (Phi) is 4.71. The molecule has 0 aliphatic rings. The average Bonchev–Trinajstić information content (AvgIpc) is 2.20. The molecular weight excluding hydrogens is 234 g/mol. The molecule has 0 spiro atoms. The molecule has 0 fully saturated rings. The Morgan fingerprint density at radius 3 is 2.29 bits per heavy atom. The highest BCUT2D eigenvalue weighted by atomic mass is 32.2. The van der Waals surface area contributed by atoms with Gasteiger partial charge in [-0.2, -0.15) is 0 Å². The second-order valence-electron chi connectivity index (χ2n) is 4.84. The maximum absolute atomic E-state index is 12.0. The monoisotopic (exact) mass is 255 g/mol. The summed E-state index contributed by atoms with van der Waals surface area (Å²) in [6, 6.07) is 7.52. The zero-order chi connectivity index (χ0) is 13.1. The zero-order valence-corrected chi connectivity index (χ0v) is 11.7. The summed E-state index contributed by atoms with van der Waals surface area (Å²) < 4.78 is 26.6. The lowest BCUT2D eigenvalue weighted by atomic mass is 10.1. The molecule has 17 heavy (non-hydrogen) atoms. The molecule has 4 heteroatoms. The van der Waals surface area contributed by atoms with Crippen molar-refractivity contribution in [1.82, 2.24) is 4.72 Å². The minimum Gasteiger partial charge on any atom is -0.212 e. The molecule has 1 rings (SSSR count). The Balaban J connectivity index is 2.77. The van der Waals surface area contributed by atoms with Gasteiger partial charge in [0.2, 0.25) is 10.0 Å². The van der Waals surface area contributed by atoms with E-state index in [2.05, 4.69) is 4.72 Å². The Labute approximate surface area is 104 Å². The molecule has 0 aliphatic carbocycles. The van der Waals surface area contributed by atoms with Gasteiger partial charge in [-0.05, 0) is 30.9 Å². The number of hydrogen-bond acceptors (Lipinski definition) is 2. The van der Waals surface area contributed by atoms with Gasteiger partial charge in [-0.15, -0.1) is 0 Å². The average molecular weight is 255 g/mol. The van der Waals surface area contributed by atoms with Crippen LogP contribution in [0.15, 0.2) is 24.3 Å².